The van der Waals surface area contributed by atoms with Crippen LogP contribution in [0, 0.1) is 34.5 Å². The molecule has 3 fully saturated rings. The van der Waals surface area contributed by atoms with Gasteiger partial charge in [-0.05, 0) is 75.0 Å². The van der Waals surface area contributed by atoms with Crippen LogP contribution in [-0.2, 0) is 28.6 Å². The van der Waals surface area contributed by atoms with Gasteiger partial charge in [-0.2, -0.15) is 0 Å². The minimum Gasteiger partial charge on any atom is -0.466 e. The average Bonchev–Trinajstić information content (AvgIpc) is 3.09. The molecule has 3 saturated carbocycles. The Labute approximate surface area is 191 Å². The highest BCUT2D eigenvalue weighted by Gasteiger charge is 2.61. The molecule has 0 aliphatic heterocycles. The second-order valence-electron chi connectivity index (χ2n) is 10.7. The highest BCUT2D eigenvalue weighted by Crippen LogP contribution is 2.66. The minimum atomic E-state index is -0.244. The first kappa shape index (κ1) is 23.3. The summed E-state index contributed by atoms with van der Waals surface area (Å²) >= 11 is 0. The fraction of sp³-hybridized carbons (Fsp3) is 0.808. The van der Waals surface area contributed by atoms with Gasteiger partial charge >= 0.3 is 17.9 Å². The maximum atomic E-state index is 12.7. The number of fused-ring (bicyclic) bond motifs is 5. The Hall–Kier alpha value is -1.85. The molecule has 0 spiro atoms. The molecule has 6 nitrogen and oxygen atoms in total. The molecule has 0 N–H and O–H groups in total. The number of allylic oxidation sites excluding steroid dienone is 1. The van der Waals surface area contributed by atoms with E-state index in [1.807, 2.05) is 6.92 Å². The van der Waals surface area contributed by atoms with Crippen LogP contribution in [0.15, 0.2) is 11.6 Å². The van der Waals surface area contributed by atoms with Crippen LogP contribution in [0.4, 0.5) is 0 Å². The monoisotopic (exact) mass is 446 g/mol. The van der Waals surface area contributed by atoms with Gasteiger partial charge in [0, 0.05) is 25.7 Å². The van der Waals surface area contributed by atoms with E-state index in [4.69, 9.17) is 14.2 Å². The van der Waals surface area contributed by atoms with E-state index in [1.165, 1.54) is 19.4 Å². The molecular formula is C26H38O6. The van der Waals surface area contributed by atoms with Gasteiger partial charge in [-0.15, -0.1) is 0 Å². The number of hydrogen-bond acceptors (Lipinski definition) is 6. The van der Waals surface area contributed by atoms with Crippen molar-refractivity contribution in [3.05, 3.63) is 11.6 Å². The van der Waals surface area contributed by atoms with Crippen LogP contribution in [0.1, 0.15) is 79.1 Å². The quantitative estimate of drug-likeness (QED) is 0.349. The summed E-state index contributed by atoms with van der Waals surface area (Å²) in [6.45, 7) is 7.97. The summed E-state index contributed by atoms with van der Waals surface area (Å²) in [7, 11) is 0. The topological polar surface area (TPSA) is 78.9 Å². The van der Waals surface area contributed by atoms with Gasteiger partial charge in [0.2, 0.25) is 0 Å². The van der Waals surface area contributed by atoms with E-state index < -0.39 is 0 Å². The Morgan fingerprint density at radius 1 is 1.00 bits per heavy atom. The van der Waals surface area contributed by atoms with Crippen molar-refractivity contribution < 1.29 is 28.6 Å². The lowest BCUT2D eigenvalue weighted by atomic mass is 9.47. The highest BCUT2D eigenvalue weighted by atomic mass is 16.5. The van der Waals surface area contributed by atoms with Crippen molar-refractivity contribution in [3.8, 4) is 0 Å². The van der Waals surface area contributed by atoms with Crippen molar-refractivity contribution in [1.82, 2.24) is 0 Å². The number of rotatable bonds is 5. The van der Waals surface area contributed by atoms with Crippen LogP contribution < -0.4 is 0 Å². The molecule has 32 heavy (non-hydrogen) atoms. The molecule has 0 aromatic carbocycles. The van der Waals surface area contributed by atoms with Gasteiger partial charge in [-0.1, -0.05) is 18.6 Å². The summed E-state index contributed by atoms with van der Waals surface area (Å²) in [6.07, 6.45) is 9.66. The summed E-state index contributed by atoms with van der Waals surface area (Å²) in [5.74, 6) is 0.876. The smallest absolute Gasteiger partial charge is 0.309 e. The van der Waals surface area contributed by atoms with Crippen LogP contribution in [0.2, 0.25) is 0 Å². The summed E-state index contributed by atoms with van der Waals surface area (Å²) in [5.41, 5.74) is 1.12. The predicted octanol–water partition coefficient (Wildman–Crippen LogP) is 4.60. The first-order valence-corrected chi connectivity index (χ1v) is 12.4. The molecule has 178 valence electrons. The van der Waals surface area contributed by atoms with Gasteiger partial charge in [0.25, 0.3) is 0 Å². The molecule has 0 radical (unpaired) electrons. The fourth-order valence-corrected chi connectivity index (χ4v) is 7.89. The lowest BCUT2D eigenvalue weighted by molar-refractivity contribution is -0.160. The molecule has 0 bridgehead atoms. The average molecular weight is 447 g/mol. The fourth-order valence-electron chi connectivity index (χ4n) is 7.89. The van der Waals surface area contributed by atoms with E-state index in [-0.39, 0.29) is 40.8 Å². The van der Waals surface area contributed by atoms with E-state index in [0.29, 0.717) is 31.0 Å². The van der Waals surface area contributed by atoms with E-state index >= 15 is 0 Å². The van der Waals surface area contributed by atoms with Gasteiger partial charge in [0.15, 0.2) is 0 Å². The molecular weight excluding hydrogens is 408 g/mol. The molecule has 0 aromatic heterocycles. The largest absolute Gasteiger partial charge is 0.466 e. The molecule has 4 aliphatic carbocycles. The van der Waals surface area contributed by atoms with Gasteiger partial charge in [0.1, 0.15) is 12.7 Å². The van der Waals surface area contributed by atoms with Gasteiger partial charge in [-0.25, -0.2) is 0 Å². The molecule has 0 amide bonds. The Balaban J connectivity index is 1.62. The van der Waals surface area contributed by atoms with E-state index in [0.717, 1.165) is 51.4 Å². The first-order valence-electron chi connectivity index (χ1n) is 12.4. The number of ether oxygens (including phenoxy) is 3. The molecule has 0 aromatic rings. The van der Waals surface area contributed by atoms with E-state index in [2.05, 4.69) is 13.0 Å². The third kappa shape index (κ3) is 3.88. The molecule has 0 saturated heterocycles. The summed E-state index contributed by atoms with van der Waals surface area (Å²) in [5, 5.41) is 0. The van der Waals surface area contributed by atoms with Crippen LogP contribution in [0.3, 0.4) is 0 Å². The maximum absolute atomic E-state index is 12.7. The Morgan fingerprint density at radius 2 is 1.78 bits per heavy atom. The number of carbonyl (C=O) groups excluding carboxylic acids is 3. The molecule has 6 heteroatoms. The van der Waals surface area contributed by atoms with Crippen molar-refractivity contribution in [1.29, 1.82) is 0 Å². The van der Waals surface area contributed by atoms with Gasteiger partial charge < -0.3 is 14.2 Å². The Kier molecular flexibility index (Phi) is 6.43. The molecule has 4 rings (SSSR count). The second kappa shape index (κ2) is 8.83. The lowest BCUT2D eigenvalue weighted by Crippen LogP contribution is -2.54. The zero-order valence-corrected chi connectivity index (χ0v) is 20.0. The lowest BCUT2D eigenvalue weighted by Gasteiger charge is -2.58. The van der Waals surface area contributed by atoms with Crippen molar-refractivity contribution in [2.75, 3.05) is 13.2 Å². The zero-order chi connectivity index (χ0) is 23.1. The normalized spacial score (nSPS) is 40.2. The standard InChI is InChI=1S/C26H38O6/c1-5-30-24(29)23-9-8-21-20-7-6-18-14-19(32-17(3)28)10-13-26(18,15-31-16(2)27)22(20)11-12-25(21,23)4/h6,19-23H,5,7-15H2,1-4H3/t19-,20+,21+,22+,23-,25-,26+/m0/s1. The number of esters is 3. The van der Waals surface area contributed by atoms with Gasteiger partial charge in [0.05, 0.1) is 12.5 Å². The third-order valence-electron chi connectivity index (χ3n) is 9.22. The summed E-state index contributed by atoms with van der Waals surface area (Å²) < 4.78 is 16.7. The van der Waals surface area contributed by atoms with Crippen molar-refractivity contribution in [2.24, 2.45) is 34.5 Å². The Morgan fingerprint density at radius 3 is 2.47 bits per heavy atom. The third-order valence-corrected chi connectivity index (χ3v) is 9.22. The Bertz CT molecular complexity index is 802. The van der Waals surface area contributed by atoms with Crippen molar-refractivity contribution >= 4 is 17.9 Å². The van der Waals surface area contributed by atoms with E-state index in [1.54, 1.807) is 0 Å². The van der Waals surface area contributed by atoms with E-state index in [9.17, 15) is 14.4 Å². The maximum Gasteiger partial charge on any atom is 0.309 e. The van der Waals surface area contributed by atoms with Crippen molar-refractivity contribution in [3.63, 3.8) is 0 Å². The molecule has 7 atom stereocenters. The SMILES string of the molecule is CCOC(=O)[C@@H]1CC[C@@H]2[C@H]3CC=C4C[C@@H](OC(C)=O)CC[C@]4(COC(C)=O)[C@@H]3CC[C@@]21C. The van der Waals surface area contributed by atoms with Crippen LogP contribution >= 0.6 is 0 Å². The molecule has 0 unspecified atom stereocenters. The predicted molar refractivity (Wildman–Crippen MR) is 118 cm³/mol. The molecule has 4 aliphatic rings. The van der Waals surface area contributed by atoms with Crippen LogP contribution in [0.25, 0.3) is 0 Å². The minimum absolute atomic E-state index is 0.0112. The molecule has 0 heterocycles. The first-order chi connectivity index (χ1) is 15.2. The highest BCUT2D eigenvalue weighted by molar-refractivity contribution is 5.74. The van der Waals surface area contributed by atoms with Crippen molar-refractivity contribution in [2.45, 2.75) is 85.2 Å². The van der Waals surface area contributed by atoms with Gasteiger partial charge in [-0.3, -0.25) is 14.4 Å². The summed E-state index contributed by atoms with van der Waals surface area (Å²) in [6, 6.07) is 0. The summed E-state index contributed by atoms with van der Waals surface area (Å²) in [4.78, 5) is 36.0. The van der Waals surface area contributed by atoms with Crippen LogP contribution in [-0.4, -0.2) is 37.2 Å². The zero-order valence-electron chi connectivity index (χ0n) is 20.0. The second-order valence-corrected chi connectivity index (χ2v) is 10.7. The number of hydrogen-bond donors (Lipinski definition) is 0. The van der Waals surface area contributed by atoms with Crippen LogP contribution in [0.5, 0.6) is 0 Å². The number of carbonyl (C=O) groups is 3.